The van der Waals surface area contributed by atoms with Crippen molar-refractivity contribution >= 4 is 11.5 Å². The number of benzene rings is 1. The van der Waals surface area contributed by atoms with Crippen molar-refractivity contribution in [2.75, 3.05) is 18.0 Å². The SMILES string of the molecule is CC(=O)c1cccc(F)c1N1CC2CCC(C1)O2. The van der Waals surface area contributed by atoms with Crippen molar-refractivity contribution in [2.24, 2.45) is 0 Å². The van der Waals surface area contributed by atoms with E-state index in [1.165, 1.54) is 13.0 Å². The lowest BCUT2D eigenvalue weighted by molar-refractivity contribution is 0.0302. The van der Waals surface area contributed by atoms with Gasteiger partial charge in [0.2, 0.25) is 0 Å². The van der Waals surface area contributed by atoms with Crippen LogP contribution in [0.1, 0.15) is 30.1 Å². The Morgan fingerprint density at radius 1 is 1.33 bits per heavy atom. The topological polar surface area (TPSA) is 29.5 Å². The van der Waals surface area contributed by atoms with E-state index in [1.807, 2.05) is 4.90 Å². The molecule has 18 heavy (non-hydrogen) atoms. The third kappa shape index (κ3) is 1.90. The van der Waals surface area contributed by atoms with Gasteiger partial charge in [0.1, 0.15) is 5.82 Å². The maximum atomic E-state index is 14.0. The smallest absolute Gasteiger partial charge is 0.161 e. The van der Waals surface area contributed by atoms with Gasteiger partial charge in [-0.1, -0.05) is 6.07 Å². The second kappa shape index (κ2) is 4.35. The fourth-order valence-electron chi connectivity index (χ4n) is 2.92. The van der Waals surface area contributed by atoms with Crippen molar-refractivity contribution in [3.8, 4) is 0 Å². The van der Waals surface area contributed by atoms with Crippen LogP contribution in [0.4, 0.5) is 10.1 Å². The largest absolute Gasteiger partial charge is 0.371 e. The van der Waals surface area contributed by atoms with Crippen LogP contribution < -0.4 is 4.90 Å². The Balaban J connectivity index is 1.98. The highest BCUT2D eigenvalue weighted by atomic mass is 19.1. The van der Waals surface area contributed by atoms with Crippen LogP contribution in [0.15, 0.2) is 18.2 Å². The van der Waals surface area contributed by atoms with Crippen LogP contribution in [-0.4, -0.2) is 31.1 Å². The third-order valence-corrected chi connectivity index (χ3v) is 3.73. The summed E-state index contributed by atoms with van der Waals surface area (Å²) in [6.45, 7) is 2.84. The fraction of sp³-hybridized carbons (Fsp3) is 0.500. The molecule has 1 aromatic rings. The summed E-state index contributed by atoms with van der Waals surface area (Å²) < 4.78 is 19.8. The molecule has 2 saturated heterocycles. The second-order valence-corrected chi connectivity index (χ2v) is 5.05. The Labute approximate surface area is 106 Å². The van der Waals surface area contributed by atoms with Crippen LogP contribution in [0.25, 0.3) is 0 Å². The molecule has 2 aliphatic rings. The number of carbonyl (C=O) groups is 1. The van der Waals surface area contributed by atoms with E-state index in [4.69, 9.17) is 4.74 Å². The molecule has 3 nitrogen and oxygen atoms in total. The van der Waals surface area contributed by atoms with Gasteiger partial charge in [0.15, 0.2) is 5.78 Å². The third-order valence-electron chi connectivity index (χ3n) is 3.73. The molecule has 3 rings (SSSR count). The average Bonchev–Trinajstić information content (AvgIpc) is 2.68. The van der Waals surface area contributed by atoms with Crippen LogP contribution in [0, 0.1) is 5.82 Å². The lowest BCUT2D eigenvalue weighted by Gasteiger charge is -2.34. The first-order valence-corrected chi connectivity index (χ1v) is 6.35. The van der Waals surface area contributed by atoms with Gasteiger partial charge in [-0.3, -0.25) is 4.79 Å². The Morgan fingerprint density at radius 2 is 2.00 bits per heavy atom. The summed E-state index contributed by atoms with van der Waals surface area (Å²) in [5.74, 6) is -0.410. The van der Waals surface area contributed by atoms with Crippen molar-refractivity contribution in [1.29, 1.82) is 0 Å². The van der Waals surface area contributed by atoms with Gasteiger partial charge in [0.05, 0.1) is 17.9 Å². The molecule has 0 saturated carbocycles. The summed E-state index contributed by atoms with van der Waals surface area (Å²) in [5, 5.41) is 0. The van der Waals surface area contributed by atoms with Crippen molar-refractivity contribution in [3.63, 3.8) is 0 Å². The number of hydrogen-bond acceptors (Lipinski definition) is 3. The zero-order valence-electron chi connectivity index (χ0n) is 10.4. The molecule has 2 fully saturated rings. The van der Waals surface area contributed by atoms with Crippen molar-refractivity contribution in [3.05, 3.63) is 29.6 Å². The lowest BCUT2D eigenvalue weighted by atomic mass is 10.1. The molecule has 1 aromatic carbocycles. The molecule has 4 heteroatoms. The van der Waals surface area contributed by atoms with Crippen LogP contribution in [0.2, 0.25) is 0 Å². The van der Waals surface area contributed by atoms with Gasteiger partial charge in [-0.15, -0.1) is 0 Å². The minimum absolute atomic E-state index is 0.0941. The summed E-state index contributed by atoms with van der Waals surface area (Å²) >= 11 is 0. The summed E-state index contributed by atoms with van der Waals surface area (Å²) in [4.78, 5) is 13.6. The van der Waals surface area contributed by atoms with E-state index >= 15 is 0 Å². The van der Waals surface area contributed by atoms with Crippen LogP contribution in [0.3, 0.4) is 0 Å². The molecular weight excluding hydrogens is 233 g/mol. The summed E-state index contributed by atoms with van der Waals surface area (Å²) in [6, 6.07) is 4.70. The maximum Gasteiger partial charge on any atom is 0.161 e. The van der Waals surface area contributed by atoms with Gasteiger partial charge in [0, 0.05) is 18.7 Å². The maximum absolute atomic E-state index is 14.0. The van der Waals surface area contributed by atoms with Crippen LogP contribution in [0.5, 0.6) is 0 Å². The quantitative estimate of drug-likeness (QED) is 0.754. The summed E-state index contributed by atoms with van der Waals surface area (Å²) in [7, 11) is 0. The summed E-state index contributed by atoms with van der Waals surface area (Å²) in [6.07, 6.45) is 2.43. The number of Topliss-reactive ketones (excluding diaryl/α,β-unsaturated/α-hetero) is 1. The molecule has 0 radical (unpaired) electrons. The molecule has 2 bridgehead atoms. The number of ether oxygens (including phenoxy) is 1. The van der Waals surface area contributed by atoms with Crippen molar-refractivity contribution in [2.45, 2.75) is 32.0 Å². The molecule has 0 N–H and O–H groups in total. The van der Waals surface area contributed by atoms with E-state index in [0.29, 0.717) is 24.3 Å². The monoisotopic (exact) mass is 249 g/mol. The Bertz CT molecular complexity index is 477. The first kappa shape index (κ1) is 11.7. The van der Waals surface area contributed by atoms with Gasteiger partial charge in [-0.2, -0.15) is 0 Å². The van der Waals surface area contributed by atoms with Gasteiger partial charge in [0.25, 0.3) is 0 Å². The minimum Gasteiger partial charge on any atom is -0.371 e. The standard InChI is InChI=1S/C14H16FNO2/c1-9(17)12-3-2-4-13(15)14(12)16-7-10-5-6-11(8-16)18-10/h2-4,10-11H,5-8H2,1H3. The molecular formula is C14H16FNO2. The number of fused-ring (bicyclic) bond motifs is 2. The Hall–Kier alpha value is -1.42. The highest BCUT2D eigenvalue weighted by Crippen LogP contribution is 2.33. The van der Waals surface area contributed by atoms with E-state index in [2.05, 4.69) is 0 Å². The zero-order valence-corrected chi connectivity index (χ0v) is 10.4. The van der Waals surface area contributed by atoms with E-state index in [9.17, 15) is 9.18 Å². The predicted octanol–water partition coefficient (Wildman–Crippen LogP) is 2.40. The predicted molar refractivity (Wildman–Crippen MR) is 66.5 cm³/mol. The number of anilines is 1. The Kier molecular flexibility index (Phi) is 2.82. The molecule has 2 aliphatic heterocycles. The molecule has 0 aliphatic carbocycles. The van der Waals surface area contributed by atoms with Crippen molar-refractivity contribution < 1.29 is 13.9 Å². The number of nitrogens with zero attached hydrogens (tertiary/aromatic N) is 1. The number of halogens is 1. The highest BCUT2D eigenvalue weighted by Gasteiger charge is 2.35. The molecule has 2 unspecified atom stereocenters. The minimum atomic E-state index is -0.316. The van der Waals surface area contributed by atoms with Gasteiger partial charge in [-0.05, 0) is 31.9 Å². The van der Waals surface area contributed by atoms with E-state index < -0.39 is 0 Å². The number of morpholine rings is 1. The van der Waals surface area contributed by atoms with Gasteiger partial charge in [-0.25, -0.2) is 4.39 Å². The van der Waals surface area contributed by atoms with E-state index in [1.54, 1.807) is 12.1 Å². The van der Waals surface area contributed by atoms with Crippen LogP contribution >= 0.6 is 0 Å². The number of para-hydroxylation sites is 1. The first-order chi connectivity index (χ1) is 8.65. The first-order valence-electron chi connectivity index (χ1n) is 6.35. The number of rotatable bonds is 2. The zero-order chi connectivity index (χ0) is 12.7. The fourth-order valence-corrected chi connectivity index (χ4v) is 2.92. The molecule has 0 spiro atoms. The lowest BCUT2D eigenvalue weighted by Crippen LogP contribution is -2.43. The van der Waals surface area contributed by atoms with Crippen molar-refractivity contribution in [1.82, 2.24) is 0 Å². The van der Waals surface area contributed by atoms with E-state index in [0.717, 1.165) is 12.8 Å². The highest BCUT2D eigenvalue weighted by molar-refractivity contribution is 5.99. The Morgan fingerprint density at radius 3 is 2.61 bits per heavy atom. The molecule has 2 atom stereocenters. The van der Waals surface area contributed by atoms with Crippen LogP contribution in [-0.2, 0) is 4.74 Å². The summed E-state index contributed by atoms with van der Waals surface area (Å²) in [5.41, 5.74) is 0.918. The number of ketones is 1. The van der Waals surface area contributed by atoms with Gasteiger partial charge >= 0.3 is 0 Å². The second-order valence-electron chi connectivity index (χ2n) is 5.05. The number of carbonyl (C=O) groups excluding carboxylic acids is 1. The average molecular weight is 249 g/mol. The molecule has 96 valence electrons. The molecule has 2 heterocycles. The molecule has 0 amide bonds. The van der Waals surface area contributed by atoms with E-state index in [-0.39, 0.29) is 23.8 Å². The number of hydrogen-bond donors (Lipinski definition) is 0. The van der Waals surface area contributed by atoms with Gasteiger partial charge < -0.3 is 9.64 Å². The molecule has 0 aromatic heterocycles. The normalized spacial score (nSPS) is 26.4.